The number of esters is 1. The van der Waals surface area contributed by atoms with Crippen molar-refractivity contribution < 1.29 is 22.7 Å². The molecular formula is C23H39NO5S. The summed E-state index contributed by atoms with van der Waals surface area (Å²) in [4.78, 5) is 24.6. The highest BCUT2D eigenvalue weighted by Crippen LogP contribution is 2.33. The molecular weight excluding hydrogens is 402 g/mol. The number of carbonyl (C=O) groups excluding carboxylic acids is 2. The Bertz CT molecular complexity index is 702. The summed E-state index contributed by atoms with van der Waals surface area (Å²) in [5.74, 6) is -1.03. The first-order valence-electron chi connectivity index (χ1n) is 11.0. The fraction of sp³-hybridized carbons (Fsp3) is 0.739. The third-order valence-corrected chi connectivity index (χ3v) is 7.71. The molecule has 1 aliphatic rings. The van der Waals surface area contributed by atoms with E-state index in [0.717, 1.165) is 25.7 Å². The molecule has 1 N–H and O–H groups in total. The maximum absolute atomic E-state index is 12.8. The lowest BCUT2D eigenvalue weighted by atomic mass is 9.85. The molecule has 7 heteroatoms. The zero-order valence-corrected chi connectivity index (χ0v) is 19.6. The van der Waals surface area contributed by atoms with E-state index in [1.807, 2.05) is 13.0 Å². The lowest BCUT2D eigenvalue weighted by molar-refractivity contribution is -0.151. The van der Waals surface area contributed by atoms with E-state index in [9.17, 15) is 18.0 Å². The van der Waals surface area contributed by atoms with Gasteiger partial charge in [0, 0.05) is 12.3 Å². The van der Waals surface area contributed by atoms with Gasteiger partial charge in [0.25, 0.3) is 0 Å². The first-order valence-corrected chi connectivity index (χ1v) is 12.8. The Balaban J connectivity index is 2.76. The maximum Gasteiger partial charge on any atom is 0.306 e. The number of hydrogen-bond donors (Lipinski definition) is 1. The molecule has 0 spiro atoms. The van der Waals surface area contributed by atoms with Crippen LogP contribution in [0.3, 0.4) is 0 Å². The molecule has 6 nitrogen and oxygen atoms in total. The minimum absolute atomic E-state index is 0.0792. The van der Waals surface area contributed by atoms with Crippen molar-refractivity contribution in [1.29, 1.82) is 0 Å². The zero-order chi connectivity index (χ0) is 22.8. The van der Waals surface area contributed by atoms with Gasteiger partial charge in [-0.15, -0.1) is 13.2 Å². The van der Waals surface area contributed by atoms with Crippen molar-refractivity contribution in [3.8, 4) is 0 Å². The fourth-order valence-corrected chi connectivity index (χ4v) is 5.53. The first kappa shape index (κ1) is 26.4. The summed E-state index contributed by atoms with van der Waals surface area (Å²) >= 11 is 0. The van der Waals surface area contributed by atoms with E-state index in [1.165, 1.54) is 0 Å². The Morgan fingerprint density at radius 1 is 1.23 bits per heavy atom. The number of cyclic esters (lactones) is 1. The Morgan fingerprint density at radius 3 is 2.47 bits per heavy atom. The van der Waals surface area contributed by atoms with Crippen LogP contribution in [0.15, 0.2) is 25.3 Å². The van der Waals surface area contributed by atoms with E-state index in [0.29, 0.717) is 31.6 Å². The average molecular weight is 442 g/mol. The molecule has 1 heterocycles. The van der Waals surface area contributed by atoms with Crippen LogP contribution in [0.25, 0.3) is 0 Å². The van der Waals surface area contributed by atoms with Crippen molar-refractivity contribution in [3.63, 3.8) is 0 Å². The molecule has 1 rings (SSSR count). The molecule has 1 saturated heterocycles. The minimum atomic E-state index is -3.31. The molecule has 0 aliphatic carbocycles. The van der Waals surface area contributed by atoms with E-state index in [4.69, 9.17) is 4.74 Å². The second-order valence-electron chi connectivity index (χ2n) is 8.85. The molecule has 0 unspecified atom stereocenters. The van der Waals surface area contributed by atoms with Crippen LogP contribution in [0.4, 0.5) is 0 Å². The highest BCUT2D eigenvalue weighted by Gasteiger charge is 2.44. The predicted octanol–water partition coefficient (Wildman–Crippen LogP) is 3.97. The molecule has 0 aromatic heterocycles. The number of rotatable bonds is 15. The third kappa shape index (κ3) is 9.02. The minimum Gasteiger partial charge on any atom is -0.457 e. The number of carbonyl (C=O) groups is 2. The van der Waals surface area contributed by atoms with E-state index in [1.54, 1.807) is 13.0 Å². The lowest BCUT2D eigenvalue weighted by Gasteiger charge is -2.35. The van der Waals surface area contributed by atoms with Gasteiger partial charge in [-0.25, -0.2) is 8.42 Å². The van der Waals surface area contributed by atoms with Crippen LogP contribution in [-0.2, 0) is 24.2 Å². The maximum atomic E-state index is 12.8. The van der Waals surface area contributed by atoms with Crippen LogP contribution in [0.5, 0.6) is 0 Å². The molecule has 1 fully saturated rings. The van der Waals surface area contributed by atoms with Gasteiger partial charge in [0.15, 0.2) is 9.84 Å². The molecule has 0 saturated carbocycles. The molecule has 0 radical (unpaired) electrons. The van der Waals surface area contributed by atoms with E-state index < -0.39 is 21.4 Å². The second kappa shape index (κ2) is 12.3. The van der Waals surface area contributed by atoms with Crippen molar-refractivity contribution in [2.24, 2.45) is 11.8 Å². The van der Waals surface area contributed by atoms with Crippen molar-refractivity contribution >= 4 is 21.7 Å². The summed E-state index contributed by atoms with van der Waals surface area (Å²) in [6.07, 6.45) is 9.10. The topological polar surface area (TPSA) is 89.5 Å². The SMILES string of the molecule is C=CCCCCS(=O)(=O)C[C@@H](C)C(=O)N[C@@H](C[C@H](C)CCC=C)[C@]1(C)CCC(=O)O1. The van der Waals surface area contributed by atoms with Crippen LogP contribution in [0.2, 0.25) is 0 Å². The lowest BCUT2D eigenvalue weighted by Crippen LogP contribution is -2.53. The number of hydrogen-bond acceptors (Lipinski definition) is 5. The number of ether oxygens (including phenoxy) is 1. The van der Waals surface area contributed by atoms with Crippen LogP contribution >= 0.6 is 0 Å². The smallest absolute Gasteiger partial charge is 0.306 e. The van der Waals surface area contributed by atoms with Gasteiger partial charge in [-0.2, -0.15) is 0 Å². The summed E-state index contributed by atoms with van der Waals surface area (Å²) in [6.45, 7) is 13.0. The largest absolute Gasteiger partial charge is 0.457 e. The molecule has 1 aliphatic heterocycles. The number of nitrogens with one attached hydrogen (secondary N) is 1. The van der Waals surface area contributed by atoms with Gasteiger partial charge in [-0.3, -0.25) is 9.59 Å². The van der Waals surface area contributed by atoms with Gasteiger partial charge in [0.05, 0.1) is 17.5 Å². The molecule has 0 bridgehead atoms. The standard InChI is InChI=1S/C23H39NO5S/c1-6-8-10-11-15-30(27,28)17-19(4)22(26)24-20(16-18(3)12-9-7-2)23(5)14-13-21(25)29-23/h6-7,18-20H,1-2,8-17H2,3-5H3,(H,24,26)/t18-,19-,20+,23+/m1/s1. The zero-order valence-electron chi connectivity index (χ0n) is 18.8. The molecule has 30 heavy (non-hydrogen) atoms. The van der Waals surface area contributed by atoms with Gasteiger partial charge in [0.1, 0.15) is 5.60 Å². The number of amides is 1. The van der Waals surface area contributed by atoms with E-state index >= 15 is 0 Å². The van der Waals surface area contributed by atoms with Crippen molar-refractivity contribution in [1.82, 2.24) is 5.32 Å². The Kier molecular flexibility index (Phi) is 10.8. The van der Waals surface area contributed by atoms with Crippen molar-refractivity contribution in [2.45, 2.75) is 83.8 Å². The van der Waals surface area contributed by atoms with Gasteiger partial charge < -0.3 is 10.1 Å². The third-order valence-electron chi connectivity index (χ3n) is 5.79. The number of allylic oxidation sites excluding steroid dienone is 2. The number of unbranched alkanes of at least 4 members (excludes halogenated alkanes) is 2. The highest BCUT2D eigenvalue weighted by atomic mass is 32.2. The van der Waals surface area contributed by atoms with E-state index in [2.05, 4.69) is 25.4 Å². The Hall–Kier alpha value is -1.63. The summed E-state index contributed by atoms with van der Waals surface area (Å²) in [5, 5.41) is 3.01. The quantitative estimate of drug-likeness (QED) is 0.236. The summed E-state index contributed by atoms with van der Waals surface area (Å²) in [6, 6.07) is -0.353. The van der Waals surface area contributed by atoms with Crippen molar-refractivity contribution in [3.05, 3.63) is 25.3 Å². The molecule has 172 valence electrons. The Labute approximate surface area is 182 Å². The summed E-state index contributed by atoms with van der Waals surface area (Å²) in [5.41, 5.74) is -0.765. The predicted molar refractivity (Wildman–Crippen MR) is 121 cm³/mol. The second-order valence-corrected chi connectivity index (χ2v) is 11.1. The summed E-state index contributed by atoms with van der Waals surface area (Å²) in [7, 11) is -3.31. The van der Waals surface area contributed by atoms with Crippen molar-refractivity contribution in [2.75, 3.05) is 11.5 Å². The van der Waals surface area contributed by atoms with Crippen LogP contribution in [-0.4, -0.2) is 43.4 Å². The van der Waals surface area contributed by atoms with Crippen LogP contribution in [0.1, 0.15) is 72.1 Å². The Morgan fingerprint density at radius 2 is 1.90 bits per heavy atom. The fourth-order valence-electron chi connectivity index (χ4n) is 3.81. The van der Waals surface area contributed by atoms with Crippen LogP contribution < -0.4 is 5.32 Å². The monoisotopic (exact) mass is 441 g/mol. The van der Waals surface area contributed by atoms with Gasteiger partial charge in [-0.05, 0) is 57.8 Å². The van der Waals surface area contributed by atoms with Gasteiger partial charge >= 0.3 is 5.97 Å². The van der Waals surface area contributed by atoms with E-state index in [-0.39, 0.29) is 29.4 Å². The number of sulfone groups is 1. The van der Waals surface area contributed by atoms with Gasteiger partial charge in [-0.1, -0.05) is 26.0 Å². The molecule has 0 aromatic carbocycles. The van der Waals surface area contributed by atoms with Crippen LogP contribution in [0, 0.1) is 11.8 Å². The molecule has 4 atom stereocenters. The summed E-state index contributed by atoms with van der Waals surface area (Å²) < 4.78 is 30.3. The normalized spacial score (nSPS) is 22.0. The highest BCUT2D eigenvalue weighted by molar-refractivity contribution is 7.91. The average Bonchev–Trinajstić information content (AvgIpc) is 3.02. The van der Waals surface area contributed by atoms with Gasteiger partial charge in [0.2, 0.25) is 5.91 Å². The first-order chi connectivity index (χ1) is 14.0. The molecule has 1 amide bonds. The molecule has 0 aromatic rings.